The van der Waals surface area contributed by atoms with Crippen molar-refractivity contribution in [1.29, 1.82) is 0 Å². The molecule has 2 heterocycles. The van der Waals surface area contributed by atoms with Crippen molar-refractivity contribution in [3.05, 3.63) is 64.8 Å². The number of hydrogen-bond donors (Lipinski definition) is 2. The van der Waals surface area contributed by atoms with Crippen LogP contribution >= 0.6 is 11.6 Å². The van der Waals surface area contributed by atoms with Crippen LogP contribution in [0.2, 0.25) is 5.02 Å². The molecule has 2 aromatic carbocycles. The Balaban J connectivity index is 1.48. The van der Waals surface area contributed by atoms with E-state index < -0.39 is 0 Å². The lowest BCUT2D eigenvalue weighted by atomic mass is 10.2. The fraction of sp³-hybridized carbons (Fsp3) is 0.158. The smallest absolute Gasteiger partial charge is 0.231 e. The van der Waals surface area contributed by atoms with Gasteiger partial charge in [-0.2, -0.15) is 4.98 Å². The SMILES string of the molecule is Cc1cc(Nc2ccc3c(c2)OCO3)nc(NCc2ccc(Cl)cc2)n1. The highest BCUT2D eigenvalue weighted by Crippen LogP contribution is 2.35. The highest BCUT2D eigenvalue weighted by molar-refractivity contribution is 6.30. The molecule has 0 spiro atoms. The molecule has 0 aliphatic carbocycles. The maximum Gasteiger partial charge on any atom is 0.231 e. The molecule has 0 saturated carbocycles. The molecule has 1 aromatic heterocycles. The number of ether oxygens (including phenoxy) is 2. The largest absolute Gasteiger partial charge is 0.454 e. The predicted molar refractivity (Wildman–Crippen MR) is 101 cm³/mol. The third kappa shape index (κ3) is 3.81. The number of fused-ring (bicyclic) bond motifs is 1. The summed E-state index contributed by atoms with van der Waals surface area (Å²) in [4.78, 5) is 8.96. The molecule has 0 radical (unpaired) electrons. The van der Waals surface area contributed by atoms with E-state index in [4.69, 9.17) is 21.1 Å². The van der Waals surface area contributed by atoms with Crippen molar-refractivity contribution in [3.63, 3.8) is 0 Å². The van der Waals surface area contributed by atoms with Crippen LogP contribution in [0.4, 0.5) is 17.5 Å². The summed E-state index contributed by atoms with van der Waals surface area (Å²) >= 11 is 5.91. The van der Waals surface area contributed by atoms with E-state index in [2.05, 4.69) is 20.6 Å². The Kier molecular flexibility index (Phi) is 4.50. The van der Waals surface area contributed by atoms with E-state index in [1.165, 1.54) is 0 Å². The summed E-state index contributed by atoms with van der Waals surface area (Å²) in [5, 5.41) is 7.23. The average molecular weight is 369 g/mol. The average Bonchev–Trinajstić information content (AvgIpc) is 3.08. The fourth-order valence-electron chi connectivity index (χ4n) is 2.62. The van der Waals surface area contributed by atoms with E-state index in [-0.39, 0.29) is 6.79 Å². The molecule has 0 unspecified atom stereocenters. The van der Waals surface area contributed by atoms with Gasteiger partial charge in [0.05, 0.1) is 0 Å². The summed E-state index contributed by atoms with van der Waals surface area (Å²) in [5.74, 6) is 2.74. The third-order valence-corrected chi connectivity index (χ3v) is 4.12. The first-order valence-corrected chi connectivity index (χ1v) is 8.54. The number of rotatable bonds is 5. The summed E-state index contributed by atoms with van der Waals surface area (Å²) in [6, 6.07) is 15.2. The van der Waals surface area contributed by atoms with Crippen molar-refractivity contribution in [2.45, 2.75) is 13.5 Å². The van der Waals surface area contributed by atoms with Crippen molar-refractivity contribution in [2.24, 2.45) is 0 Å². The zero-order chi connectivity index (χ0) is 17.9. The number of halogens is 1. The topological polar surface area (TPSA) is 68.3 Å². The molecular formula is C19H17ClN4O2. The van der Waals surface area contributed by atoms with E-state index in [0.29, 0.717) is 18.3 Å². The zero-order valence-electron chi connectivity index (χ0n) is 14.1. The molecule has 0 bridgehead atoms. The quantitative estimate of drug-likeness (QED) is 0.690. The second-order valence-electron chi connectivity index (χ2n) is 5.89. The number of anilines is 3. The van der Waals surface area contributed by atoms with Gasteiger partial charge in [-0.05, 0) is 36.8 Å². The lowest BCUT2D eigenvalue weighted by Gasteiger charge is -2.10. The highest BCUT2D eigenvalue weighted by atomic mass is 35.5. The van der Waals surface area contributed by atoms with Crippen LogP contribution in [-0.4, -0.2) is 16.8 Å². The molecule has 3 aromatic rings. The van der Waals surface area contributed by atoms with Crippen molar-refractivity contribution >= 4 is 29.1 Å². The Bertz CT molecular complexity index is 931. The van der Waals surface area contributed by atoms with Crippen molar-refractivity contribution in [2.75, 3.05) is 17.4 Å². The first-order valence-electron chi connectivity index (χ1n) is 8.16. The van der Waals surface area contributed by atoms with E-state index in [1.807, 2.05) is 55.5 Å². The third-order valence-electron chi connectivity index (χ3n) is 3.86. The molecule has 0 fully saturated rings. The van der Waals surface area contributed by atoms with Crippen molar-refractivity contribution in [3.8, 4) is 11.5 Å². The summed E-state index contributed by atoms with van der Waals surface area (Å²) in [7, 11) is 0. The van der Waals surface area contributed by atoms with Crippen LogP contribution < -0.4 is 20.1 Å². The molecule has 1 aliphatic heterocycles. The van der Waals surface area contributed by atoms with Gasteiger partial charge < -0.3 is 20.1 Å². The molecule has 0 saturated heterocycles. The van der Waals surface area contributed by atoms with Gasteiger partial charge in [0.15, 0.2) is 11.5 Å². The summed E-state index contributed by atoms with van der Waals surface area (Å²) in [5.41, 5.74) is 2.84. The van der Waals surface area contributed by atoms with Crippen molar-refractivity contribution < 1.29 is 9.47 Å². The summed E-state index contributed by atoms with van der Waals surface area (Å²) in [6.45, 7) is 2.80. The van der Waals surface area contributed by atoms with Gasteiger partial charge in [0.25, 0.3) is 0 Å². The molecule has 4 rings (SSSR count). The normalized spacial score (nSPS) is 12.1. The zero-order valence-corrected chi connectivity index (χ0v) is 14.9. The fourth-order valence-corrected chi connectivity index (χ4v) is 2.74. The van der Waals surface area contributed by atoms with Gasteiger partial charge in [-0.3, -0.25) is 0 Å². The lowest BCUT2D eigenvalue weighted by molar-refractivity contribution is 0.174. The number of benzene rings is 2. The van der Waals surface area contributed by atoms with Crippen LogP contribution in [0.25, 0.3) is 0 Å². The van der Waals surface area contributed by atoms with Gasteiger partial charge in [-0.25, -0.2) is 4.98 Å². The maximum absolute atomic E-state index is 5.91. The molecule has 0 amide bonds. The lowest BCUT2D eigenvalue weighted by Crippen LogP contribution is -2.06. The van der Waals surface area contributed by atoms with E-state index in [9.17, 15) is 0 Å². The number of nitrogens with one attached hydrogen (secondary N) is 2. The number of hydrogen-bond acceptors (Lipinski definition) is 6. The minimum atomic E-state index is 0.254. The van der Waals surface area contributed by atoms with Crippen LogP contribution in [0.1, 0.15) is 11.3 Å². The van der Waals surface area contributed by atoms with Crippen molar-refractivity contribution in [1.82, 2.24) is 9.97 Å². The first kappa shape index (κ1) is 16.5. The highest BCUT2D eigenvalue weighted by Gasteiger charge is 2.13. The Morgan fingerprint density at radius 3 is 2.65 bits per heavy atom. The van der Waals surface area contributed by atoms with Crippen LogP contribution in [-0.2, 0) is 6.54 Å². The predicted octanol–water partition coefficient (Wildman–Crippen LogP) is 4.52. The summed E-state index contributed by atoms with van der Waals surface area (Å²) in [6.07, 6.45) is 0. The number of nitrogens with zero attached hydrogens (tertiary/aromatic N) is 2. The monoisotopic (exact) mass is 368 g/mol. The molecule has 0 atom stereocenters. The van der Waals surface area contributed by atoms with Crippen LogP contribution in [0.5, 0.6) is 11.5 Å². The second-order valence-corrected chi connectivity index (χ2v) is 6.33. The maximum atomic E-state index is 5.91. The van der Waals surface area contributed by atoms with E-state index in [0.717, 1.165) is 33.5 Å². The Morgan fingerprint density at radius 1 is 1.00 bits per heavy atom. The minimum Gasteiger partial charge on any atom is -0.454 e. The first-order chi connectivity index (χ1) is 12.7. The van der Waals surface area contributed by atoms with Gasteiger partial charge in [0.1, 0.15) is 5.82 Å². The molecule has 1 aliphatic rings. The molecule has 6 nitrogen and oxygen atoms in total. The molecular weight excluding hydrogens is 352 g/mol. The number of aromatic nitrogens is 2. The standard InChI is InChI=1S/C19H17ClN4O2/c1-12-8-18(23-15-6-7-16-17(9-15)26-11-25-16)24-19(22-12)21-10-13-2-4-14(20)5-3-13/h2-9H,10-11H2,1H3,(H2,21,22,23,24). The van der Waals surface area contributed by atoms with Gasteiger partial charge in [0, 0.05) is 35.1 Å². The van der Waals surface area contributed by atoms with E-state index >= 15 is 0 Å². The van der Waals surface area contributed by atoms with Crippen LogP contribution in [0.3, 0.4) is 0 Å². The summed E-state index contributed by atoms with van der Waals surface area (Å²) < 4.78 is 10.7. The second kappa shape index (κ2) is 7.09. The van der Waals surface area contributed by atoms with Crippen LogP contribution in [0, 0.1) is 6.92 Å². The Labute approximate surface area is 156 Å². The van der Waals surface area contributed by atoms with Gasteiger partial charge in [-0.15, -0.1) is 0 Å². The minimum absolute atomic E-state index is 0.254. The molecule has 7 heteroatoms. The van der Waals surface area contributed by atoms with Gasteiger partial charge >= 0.3 is 0 Å². The molecule has 26 heavy (non-hydrogen) atoms. The number of aryl methyl sites for hydroxylation is 1. The van der Waals surface area contributed by atoms with Crippen LogP contribution in [0.15, 0.2) is 48.5 Å². The van der Waals surface area contributed by atoms with E-state index in [1.54, 1.807) is 0 Å². The van der Waals surface area contributed by atoms with Gasteiger partial charge in [-0.1, -0.05) is 23.7 Å². The molecule has 2 N–H and O–H groups in total. The van der Waals surface area contributed by atoms with Gasteiger partial charge in [0.2, 0.25) is 12.7 Å². The molecule has 132 valence electrons. The Hall–Kier alpha value is -2.99. The Morgan fingerprint density at radius 2 is 1.81 bits per heavy atom.